The molecule has 0 aromatic heterocycles. The van der Waals surface area contributed by atoms with Crippen LogP contribution in [0.2, 0.25) is 0 Å². The normalized spacial score (nSPS) is 11.8. The van der Waals surface area contributed by atoms with Crippen LogP contribution >= 0.6 is 22.6 Å². The van der Waals surface area contributed by atoms with Crippen molar-refractivity contribution in [3.05, 3.63) is 63.2 Å². The van der Waals surface area contributed by atoms with Gasteiger partial charge in [-0.2, -0.15) is 0 Å². The molecule has 0 amide bonds. The van der Waals surface area contributed by atoms with Crippen molar-refractivity contribution < 1.29 is 14.4 Å². The first-order valence-electron chi connectivity index (χ1n) is 6.70. The quantitative estimate of drug-likeness (QED) is 0.434. The Hall–Kier alpha value is -1.64. The number of benzene rings is 2. The number of carbonyl (C=O) groups is 1. The third-order valence-electron chi connectivity index (χ3n) is 3.03. The fourth-order valence-electron chi connectivity index (χ4n) is 1.96. The third kappa shape index (κ3) is 4.43. The molecular weight excluding hydrogens is 395 g/mol. The lowest BCUT2D eigenvalue weighted by Crippen LogP contribution is -2.40. The molecule has 0 heterocycles. The molecule has 2 aromatic carbocycles. The molecule has 0 aliphatic heterocycles. The van der Waals surface area contributed by atoms with Crippen LogP contribution in [0.4, 0.5) is 0 Å². The summed E-state index contributed by atoms with van der Waals surface area (Å²) in [4.78, 5) is 17.0. The van der Waals surface area contributed by atoms with E-state index in [-0.39, 0.29) is 0 Å². The molecule has 0 radical (unpaired) electrons. The summed E-state index contributed by atoms with van der Waals surface area (Å²) < 4.78 is 6.09. The number of hydrogen-bond acceptors (Lipinski definition) is 5. The zero-order chi connectivity index (χ0) is 15.9. The number of hydrogen-bond donors (Lipinski definition) is 2. The predicted molar refractivity (Wildman–Crippen MR) is 92.4 cm³/mol. The molecule has 116 valence electrons. The maximum atomic E-state index is 12.0. The van der Waals surface area contributed by atoms with E-state index in [1.54, 1.807) is 19.2 Å². The zero-order valence-corrected chi connectivity index (χ0v) is 14.2. The molecule has 2 rings (SSSR count). The zero-order valence-electron chi connectivity index (χ0n) is 12.1. The van der Waals surface area contributed by atoms with Crippen LogP contribution in [0.25, 0.3) is 0 Å². The Balaban J connectivity index is 1.91. The van der Waals surface area contributed by atoms with Gasteiger partial charge >= 0.3 is 5.97 Å². The number of hydroxylamine groups is 1. The number of nitrogens with one attached hydrogen (secondary N) is 1. The number of methoxy groups -OCH3 is 1. The third-order valence-corrected chi connectivity index (χ3v) is 3.97. The Morgan fingerprint density at radius 1 is 1.23 bits per heavy atom. The molecule has 0 aliphatic carbocycles. The Morgan fingerprint density at radius 3 is 2.64 bits per heavy atom. The van der Waals surface area contributed by atoms with Crippen molar-refractivity contribution in [3.8, 4) is 5.75 Å². The van der Waals surface area contributed by atoms with Crippen molar-refractivity contribution in [2.45, 2.75) is 12.6 Å². The van der Waals surface area contributed by atoms with Crippen molar-refractivity contribution in [2.75, 3.05) is 7.11 Å². The van der Waals surface area contributed by atoms with Crippen molar-refractivity contribution >= 4 is 28.6 Å². The minimum Gasteiger partial charge on any atom is -0.496 e. The van der Waals surface area contributed by atoms with Crippen LogP contribution in [0, 0.1) is 3.57 Å². The number of halogens is 1. The van der Waals surface area contributed by atoms with Crippen LogP contribution in [0.1, 0.15) is 15.9 Å². The SMILES string of the molecule is COc1ccccc1CC(N)NOC(=O)c1ccccc1I. The average molecular weight is 412 g/mol. The average Bonchev–Trinajstić information content (AvgIpc) is 2.53. The number of carbonyl (C=O) groups excluding carboxylic acids is 1. The minimum absolute atomic E-state index is 0.458. The largest absolute Gasteiger partial charge is 0.496 e. The van der Waals surface area contributed by atoms with Crippen molar-refractivity contribution in [1.82, 2.24) is 5.48 Å². The van der Waals surface area contributed by atoms with Crippen molar-refractivity contribution in [1.29, 1.82) is 0 Å². The Bertz CT molecular complexity index is 649. The summed E-state index contributed by atoms with van der Waals surface area (Å²) >= 11 is 2.08. The molecule has 22 heavy (non-hydrogen) atoms. The summed E-state index contributed by atoms with van der Waals surface area (Å²) in [5, 5.41) is 0. The summed E-state index contributed by atoms with van der Waals surface area (Å²) in [5.74, 6) is 0.296. The first-order chi connectivity index (χ1) is 10.6. The van der Waals surface area contributed by atoms with Gasteiger partial charge in [-0.1, -0.05) is 30.3 Å². The smallest absolute Gasteiger partial charge is 0.357 e. The lowest BCUT2D eigenvalue weighted by Gasteiger charge is -2.15. The van der Waals surface area contributed by atoms with E-state index in [1.165, 1.54) is 0 Å². The van der Waals surface area contributed by atoms with Gasteiger partial charge in [0, 0.05) is 9.99 Å². The molecule has 0 spiro atoms. The highest BCUT2D eigenvalue weighted by molar-refractivity contribution is 14.1. The monoisotopic (exact) mass is 412 g/mol. The first-order valence-corrected chi connectivity index (χ1v) is 7.78. The van der Waals surface area contributed by atoms with Gasteiger partial charge in [-0.15, -0.1) is 5.48 Å². The molecule has 0 saturated heterocycles. The predicted octanol–water partition coefficient (Wildman–Crippen LogP) is 2.49. The molecule has 5 nitrogen and oxygen atoms in total. The maximum absolute atomic E-state index is 12.0. The number of rotatable bonds is 6. The van der Waals surface area contributed by atoms with Crippen LogP contribution in [0.15, 0.2) is 48.5 Å². The van der Waals surface area contributed by atoms with Gasteiger partial charge in [0.2, 0.25) is 0 Å². The van der Waals surface area contributed by atoms with Gasteiger partial charge in [0.05, 0.1) is 18.8 Å². The molecule has 0 fully saturated rings. The molecule has 6 heteroatoms. The molecule has 0 bridgehead atoms. The lowest BCUT2D eigenvalue weighted by molar-refractivity contribution is 0.0158. The van der Waals surface area contributed by atoms with Crippen LogP contribution < -0.4 is 16.0 Å². The van der Waals surface area contributed by atoms with Crippen LogP contribution in [-0.2, 0) is 11.3 Å². The second-order valence-corrected chi connectivity index (χ2v) is 5.77. The van der Waals surface area contributed by atoms with Crippen LogP contribution in [0.3, 0.4) is 0 Å². The topological polar surface area (TPSA) is 73.6 Å². The van der Waals surface area contributed by atoms with Crippen molar-refractivity contribution in [3.63, 3.8) is 0 Å². The van der Waals surface area contributed by atoms with Crippen LogP contribution in [-0.4, -0.2) is 19.2 Å². The second kappa shape index (κ2) is 8.11. The minimum atomic E-state index is -0.526. The van der Waals surface area contributed by atoms with E-state index in [0.29, 0.717) is 12.0 Å². The highest BCUT2D eigenvalue weighted by Gasteiger charge is 2.14. The number of nitrogens with two attached hydrogens (primary N) is 1. The molecule has 1 atom stereocenters. The first kappa shape index (κ1) is 16.7. The van der Waals surface area contributed by atoms with E-state index in [9.17, 15) is 4.79 Å². The summed E-state index contributed by atoms with van der Waals surface area (Å²) in [5.41, 5.74) is 9.97. The molecular formula is C16H17IN2O3. The second-order valence-electron chi connectivity index (χ2n) is 4.61. The summed E-state index contributed by atoms with van der Waals surface area (Å²) in [6.07, 6.45) is -0.0509. The fraction of sp³-hybridized carbons (Fsp3) is 0.188. The van der Waals surface area contributed by atoms with Gasteiger partial charge in [-0.05, 0) is 46.4 Å². The Morgan fingerprint density at radius 2 is 1.91 bits per heavy atom. The van der Waals surface area contributed by atoms with E-state index >= 15 is 0 Å². The van der Waals surface area contributed by atoms with Gasteiger partial charge in [0.15, 0.2) is 0 Å². The number of ether oxygens (including phenoxy) is 1. The molecule has 3 N–H and O–H groups in total. The Kier molecular flexibility index (Phi) is 6.17. The van der Waals surface area contributed by atoms with Gasteiger partial charge in [0.1, 0.15) is 5.75 Å². The Labute approximate surface area is 142 Å². The standard InChI is InChI=1S/C16H17IN2O3/c1-21-14-9-5-2-6-11(14)10-15(18)19-22-16(20)12-7-3-4-8-13(12)17/h2-9,15,19H,10,18H2,1H3. The van der Waals surface area contributed by atoms with Gasteiger partial charge < -0.3 is 15.3 Å². The molecule has 1 unspecified atom stereocenters. The summed E-state index contributed by atoms with van der Waals surface area (Å²) in [7, 11) is 1.61. The van der Waals surface area contributed by atoms with E-state index in [4.69, 9.17) is 15.3 Å². The van der Waals surface area contributed by atoms with Crippen molar-refractivity contribution in [2.24, 2.45) is 5.73 Å². The number of para-hydroxylation sites is 1. The van der Waals surface area contributed by atoms with Crippen LogP contribution in [0.5, 0.6) is 5.75 Å². The molecule has 0 aliphatic rings. The van der Waals surface area contributed by atoms with E-state index < -0.39 is 12.1 Å². The van der Waals surface area contributed by atoms with E-state index in [1.807, 2.05) is 36.4 Å². The maximum Gasteiger partial charge on any atom is 0.357 e. The molecule has 2 aromatic rings. The van der Waals surface area contributed by atoms with Gasteiger partial charge in [-0.25, -0.2) is 4.79 Å². The van der Waals surface area contributed by atoms with E-state index in [0.717, 1.165) is 14.9 Å². The molecule has 0 saturated carbocycles. The van der Waals surface area contributed by atoms with Gasteiger partial charge in [0.25, 0.3) is 0 Å². The fourth-order valence-corrected chi connectivity index (χ4v) is 2.57. The van der Waals surface area contributed by atoms with Gasteiger partial charge in [-0.3, -0.25) is 0 Å². The van der Waals surface area contributed by atoms with E-state index in [2.05, 4.69) is 28.1 Å². The highest BCUT2D eigenvalue weighted by Crippen LogP contribution is 2.18. The highest BCUT2D eigenvalue weighted by atomic mass is 127. The summed E-state index contributed by atoms with van der Waals surface area (Å²) in [6.45, 7) is 0. The lowest BCUT2D eigenvalue weighted by atomic mass is 10.1. The summed E-state index contributed by atoms with van der Waals surface area (Å²) in [6, 6.07) is 14.8.